The molecule has 0 unspecified atom stereocenters. The Balaban J connectivity index is 1.99. The number of halogens is 1. The van der Waals surface area contributed by atoms with Crippen molar-refractivity contribution in [1.82, 2.24) is 0 Å². The van der Waals surface area contributed by atoms with Crippen molar-refractivity contribution in [3.8, 4) is 5.75 Å². The number of hydrogen-bond acceptors (Lipinski definition) is 6. The summed E-state index contributed by atoms with van der Waals surface area (Å²) in [4.78, 5) is 33.7. The normalized spacial score (nSPS) is 10.0. The number of anilines is 1. The Kier molecular flexibility index (Phi) is 5.33. The van der Waals surface area contributed by atoms with Crippen LogP contribution in [0.2, 0.25) is 5.02 Å². The summed E-state index contributed by atoms with van der Waals surface area (Å²) in [7, 11) is 0. The van der Waals surface area contributed by atoms with E-state index in [1.807, 2.05) is 0 Å². The summed E-state index contributed by atoms with van der Waals surface area (Å²) in [5, 5.41) is 22.5. The van der Waals surface area contributed by atoms with Gasteiger partial charge < -0.3 is 15.2 Å². The van der Waals surface area contributed by atoms with Crippen molar-refractivity contribution < 1.29 is 24.4 Å². The van der Waals surface area contributed by atoms with Crippen molar-refractivity contribution in [3.05, 3.63) is 63.2 Å². The molecular formula is C15H11ClN2O6. The molecule has 0 atom stereocenters. The van der Waals surface area contributed by atoms with Crippen LogP contribution in [0.25, 0.3) is 0 Å². The number of nitro groups is 1. The highest BCUT2D eigenvalue weighted by molar-refractivity contribution is 6.31. The first-order valence-electron chi connectivity index (χ1n) is 6.57. The predicted octanol–water partition coefficient (Wildman–Crippen LogP) is 2.75. The third kappa shape index (κ3) is 4.43. The van der Waals surface area contributed by atoms with Crippen molar-refractivity contribution in [2.75, 3.05) is 11.9 Å². The summed E-state index contributed by atoms with van der Waals surface area (Å²) in [6.07, 6.45) is 0. The molecule has 0 aliphatic carbocycles. The summed E-state index contributed by atoms with van der Waals surface area (Å²) in [5.74, 6) is -1.55. The third-order valence-corrected chi connectivity index (χ3v) is 3.10. The van der Waals surface area contributed by atoms with Gasteiger partial charge >= 0.3 is 5.97 Å². The number of esters is 1. The molecule has 2 rings (SSSR count). The number of ether oxygens (including phenoxy) is 1. The van der Waals surface area contributed by atoms with Crippen LogP contribution >= 0.6 is 11.6 Å². The number of carbonyl (C=O) groups excluding carboxylic acids is 2. The number of hydrogen-bond donors (Lipinski definition) is 2. The molecular weight excluding hydrogens is 340 g/mol. The van der Waals surface area contributed by atoms with Crippen LogP contribution in [0.4, 0.5) is 11.4 Å². The van der Waals surface area contributed by atoms with Gasteiger partial charge in [0.05, 0.1) is 10.5 Å². The van der Waals surface area contributed by atoms with Gasteiger partial charge in [-0.1, -0.05) is 11.6 Å². The van der Waals surface area contributed by atoms with Gasteiger partial charge in [-0.15, -0.1) is 0 Å². The van der Waals surface area contributed by atoms with E-state index >= 15 is 0 Å². The van der Waals surface area contributed by atoms with Gasteiger partial charge in [-0.05, 0) is 36.4 Å². The maximum absolute atomic E-state index is 11.8. The zero-order valence-electron chi connectivity index (χ0n) is 12.1. The number of nitrogens with zero attached hydrogens (tertiary/aromatic N) is 1. The molecule has 24 heavy (non-hydrogen) atoms. The predicted molar refractivity (Wildman–Crippen MR) is 85.1 cm³/mol. The minimum atomic E-state index is -0.772. The van der Waals surface area contributed by atoms with Crippen LogP contribution in [0.1, 0.15) is 10.4 Å². The summed E-state index contributed by atoms with van der Waals surface area (Å²) >= 11 is 5.75. The maximum atomic E-state index is 11.8. The lowest BCUT2D eigenvalue weighted by atomic mass is 10.2. The van der Waals surface area contributed by atoms with E-state index < -0.39 is 23.4 Å². The Labute approximate surface area is 140 Å². The second-order valence-electron chi connectivity index (χ2n) is 4.59. The smallest absolute Gasteiger partial charge is 0.338 e. The first-order chi connectivity index (χ1) is 11.4. The standard InChI is InChI=1S/C15H11ClN2O6/c16-10-3-6-13(18(22)23)12(7-10)17-14(20)8-24-15(21)9-1-4-11(19)5-2-9/h1-7,19H,8H2,(H,17,20). The second-order valence-corrected chi connectivity index (χ2v) is 5.03. The van der Waals surface area contributed by atoms with Crippen LogP contribution in [0.5, 0.6) is 5.75 Å². The van der Waals surface area contributed by atoms with Gasteiger partial charge in [0.1, 0.15) is 11.4 Å². The molecule has 0 saturated heterocycles. The van der Waals surface area contributed by atoms with Gasteiger partial charge in [0.25, 0.3) is 11.6 Å². The van der Waals surface area contributed by atoms with E-state index in [9.17, 15) is 19.7 Å². The Morgan fingerprint density at radius 3 is 2.50 bits per heavy atom. The highest BCUT2D eigenvalue weighted by Gasteiger charge is 2.17. The monoisotopic (exact) mass is 350 g/mol. The number of aromatic hydroxyl groups is 1. The first kappa shape index (κ1) is 17.2. The van der Waals surface area contributed by atoms with Crippen molar-refractivity contribution in [1.29, 1.82) is 0 Å². The molecule has 0 saturated carbocycles. The Hall–Kier alpha value is -3.13. The highest BCUT2D eigenvalue weighted by Crippen LogP contribution is 2.27. The van der Waals surface area contributed by atoms with Crippen molar-refractivity contribution in [2.24, 2.45) is 0 Å². The molecule has 0 spiro atoms. The van der Waals surface area contributed by atoms with Crippen LogP contribution in [-0.4, -0.2) is 28.5 Å². The lowest BCUT2D eigenvalue weighted by Gasteiger charge is -2.07. The van der Waals surface area contributed by atoms with Crippen LogP contribution in [0.15, 0.2) is 42.5 Å². The number of benzene rings is 2. The number of nitrogens with one attached hydrogen (secondary N) is 1. The Bertz CT molecular complexity index is 791. The molecule has 1 amide bonds. The topological polar surface area (TPSA) is 119 Å². The third-order valence-electron chi connectivity index (χ3n) is 2.87. The van der Waals surface area contributed by atoms with E-state index in [1.54, 1.807) is 0 Å². The maximum Gasteiger partial charge on any atom is 0.338 e. The summed E-state index contributed by atoms with van der Waals surface area (Å²) in [6.45, 7) is -0.636. The van der Waals surface area contributed by atoms with Crippen LogP contribution in [0, 0.1) is 10.1 Å². The van der Waals surface area contributed by atoms with Crippen LogP contribution in [-0.2, 0) is 9.53 Å². The quantitative estimate of drug-likeness (QED) is 0.486. The van der Waals surface area contributed by atoms with E-state index in [0.717, 1.165) is 6.07 Å². The molecule has 0 fully saturated rings. The second kappa shape index (κ2) is 7.42. The molecule has 124 valence electrons. The van der Waals surface area contributed by atoms with Gasteiger partial charge in [-0.25, -0.2) is 4.79 Å². The van der Waals surface area contributed by atoms with E-state index in [4.69, 9.17) is 21.4 Å². The number of rotatable bonds is 5. The molecule has 9 heteroatoms. The fraction of sp³-hybridized carbons (Fsp3) is 0.0667. The first-order valence-corrected chi connectivity index (χ1v) is 6.94. The number of phenolic OH excluding ortho intramolecular Hbond substituents is 1. The lowest BCUT2D eigenvalue weighted by Crippen LogP contribution is -2.21. The van der Waals surface area contributed by atoms with E-state index in [2.05, 4.69) is 5.32 Å². The van der Waals surface area contributed by atoms with Crippen LogP contribution < -0.4 is 5.32 Å². The van der Waals surface area contributed by atoms with Gasteiger partial charge in [0.2, 0.25) is 0 Å². The van der Waals surface area contributed by atoms with Gasteiger partial charge in [-0.3, -0.25) is 14.9 Å². The van der Waals surface area contributed by atoms with E-state index in [-0.39, 0.29) is 27.7 Å². The van der Waals surface area contributed by atoms with Crippen molar-refractivity contribution in [2.45, 2.75) is 0 Å². The summed E-state index contributed by atoms with van der Waals surface area (Å²) < 4.78 is 4.80. The number of amides is 1. The molecule has 0 bridgehead atoms. The minimum Gasteiger partial charge on any atom is -0.508 e. The van der Waals surface area contributed by atoms with E-state index in [1.165, 1.54) is 36.4 Å². The van der Waals surface area contributed by atoms with Gasteiger partial charge in [-0.2, -0.15) is 0 Å². The van der Waals surface area contributed by atoms with E-state index in [0.29, 0.717) is 0 Å². The molecule has 2 N–H and O–H groups in total. The van der Waals surface area contributed by atoms with Gasteiger partial charge in [0.15, 0.2) is 6.61 Å². The minimum absolute atomic E-state index is 0.0161. The summed E-state index contributed by atoms with van der Waals surface area (Å²) in [5.41, 5.74) is -0.287. The molecule has 8 nitrogen and oxygen atoms in total. The Morgan fingerprint density at radius 1 is 1.21 bits per heavy atom. The van der Waals surface area contributed by atoms with Crippen molar-refractivity contribution in [3.63, 3.8) is 0 Å². The number of carbonyl (C=O) groups is 2. The summed E-state index contributed by atoms with van der Waals surface area (Å²) in [6, 6.07) is 8.95. The zero-order chi connectivity index (χ0) is 17.7. The average Bonchev–Trinajstić information content (AvgIpc) is 2.53. The molecule has 2 aromatic rings. The zero-order valence-corrected chi connectivity index (χ0v) is 12.8. The number of phenols is 1. The average molecular weight is 351 g/mol. The van der Waals surface area contributed by atoms with Crippen LogP contribution in [0.3, 0.4) is 0 Å². The van der Waals surface area contributed by atoms with Crippen molar-refractivity contribution >= 4 is 34.9 Å². The fourth-order valence-electron chi connectivity index (χ4n) is 1.77. The molecule has 0 aromatic heterocycles. The lowest BCUT2D eigenvalue weighted by molar-refractivity contribution is -0.383. The SMILES string of the molecule is O=C(COC(=O)c1ccc(O)cc1)Nc1cc(Cl)ccc1[N+](=O)[O-]. The largest absolute Gasteiger partial charge is 0.508 e. The fourth-order valence-corrected chi connectivity index (χ4v) is 1.94. The Morgan fingerprint density at radius 2 is 1.88 bits per heavy atom. The molecule has 0 radical (unpaired) electrons. The molecule has 0 heterocycles. The highest BCUT2D eigenvalue weighted by atomic mass is 35.5. The molecule has 0 aliphatic rings. The molecule has 0 aliphatic heterocycles. The number of nitro benzene ring substituents is 1. The van der Waals surface area contributed by atoms with Gasteiger partial charge in [0, 0.05) is 11.1 Å². The molecule has 2 aromatic carbocycles.